The maximum Gasteiger partial charge on any atom is 0.0623 e. The fraction of sp³-hybridized carbons (Fsp3) is 0.667. The molecule has 2 saturated heterocycles. The first kappa shape index (κ1) is 11.2. The Morgan fingerprint density at radius 2 is 2.44 bits per heavy atom. The van der Waals surface area contributed by atoms with E-state index in [1.54, 1.807) is 11.3 Å². The summed E-state index contributed by atoms with van der Waals surface area (Å²) in [7, 11) is 0. The SMILES string of the molecule is NC(Cc1sccc1Br)C1CC2CCC1O2. The first-order chi connectivity index (χ1) is 7.74. The highest BCUT2D eigenvalue weighted by molar-refractivity contribution is 9.10. The predicted octanol–water partition coefficient (Wildman–Crippen LogP) is 2.95. The number of rotatable bonds is 3. The Hall–Kier alpha value is 0.1000. The van der Waals surface area contributed by atoms with Crippen molar-refractivity contribution in [3.63, 3.8) is 0 Å². The van der Waals surface area contributed by atoms with Gasteiger partial charge in [-0.25, -0.2) is 0 Å². The molecule has 2 aliphatic heterocycles. The molecule has 0 amide bonds. The average molecular weight is 302 g/mol. The molecule has 2 aliphatic rings. The fourth-order valence-corrected chi connectivity index (χ4v) is 4.55. The molecule has 4 heteroatoms. The van der Waals surface area contributed by atoms with Crippen LogP contribution in [0, 0.1) is 5.92 Å². The standard InChI is InChI=1S/C12H16BrNOS/c13-9-3-4-16-12(9)6-10(14)8-5-7-1-2-11(8)15-7/h3-4,7-8,10-11H,1-2,5-6,14H2. The molecule has 3 rings (SSSR count). The van der Waals surface area contributed by atoms with Gasteiger partial charge < -0.3 is 10.5 Å². The molecule has 88 valence electrons. The summed E-state index contributed by atoms with van der Waals surface area (Å²) >= 11 is 5.36. The summed E-state index contributed by atoms with van der Waals surface area (Å²) in [5, 5.41) is 2.11. The molecular formula is C12H16BrNOS. The van der Waals surface area contributed by atoms with Gasteiger partial charge in [-0.1, -0.05) is 0 Å². The summed E-state index contributed by atoms with van der Waals surface area (Å²) in [6, 6.07) is 2.36. The van der Waals surface area contributed by atoms with Crippen molar-refractivity contribution in [2.45, 2.75) is 43.9 Å². The largest absolute Gasteiger partial charge is 0.375 e. The molecule has 1 aromatic heterocycles. The Kier molecular flexibility index (Phi) is 3.09. The number of hydrogen-bond donors (Lipinski definition) is 1. The summed E-state index contributed by atoms with van der Waals surface area (Å²) in [6.07, 6.45) is 5.57. The minimum absolute atomic E-state index is 0.255. The third-order valence-corrected chi connectivity index (χ3v) is 5.76. The third-order valence-electron chi connectivity index (χ3n) is 3.82. The molecule has 16 heavy (non-hydrogen) atoms. The molecule has 0 radical (unpaired) electrons. The van der Waals surface area contributed by atoms with Gasteiger partial charge in [0.15, 0.2) is 0 Å². The minimum atomic E-state index is 0.255. The van der Waals surface area contributed by atoms with E-state index >= 15 is 0 Å². The van der Waals surface area contributed by atoms with Gasteiger partial charge in [0.1, 0.15) is 0 Å². The Morgan fingerprint density at radius 3 is 3.00 bits per heavy atom. The van der Waals surface area contributed by atoms with E-state index in [0.29, 0.717) is 18.1 Å². The normalized spacial score (nSPS) is 34.5. The second-order valence-corrected chi connectivity index (χ2v) is 6.69. The molecule has 4 unspecified atom stereocenters. The second-order valence-electron chi connectivity index (χ2n) is 4.83. The maximum absolute atomic E-state index is 6.33. The van der Waals surface area contributed by atoms with Gasteiger partial charge in [0.2, 0.25) is 0 Å². The fourth-order valence-electron chi connectivity index (χ4n) is 2.96. The highest BCUT2D eigenvalue weighted by Crippen LogP contribution is 2.41. The number of thiophene rings is 1. The molecule has 0 saturated carbocycles. The number of fused-ring (bicyclic) bond motifs is 2. The maximum atomic E-state index is 6.33. The Morgan fingerprint density at radius 1 is 1.56 bits per heavy atom. The lowest BCUT2D eigenvalue weighted by atomic mass is 9.83. The highest BCUT2D eigenvalue weighted by atomic mass is 79.9. The highest BCUT2D eigenvalue weighted by Gasteiger charge is 2.43. The summed E-state index contributed by atoms with van der Waals surface area (Å²) in [6.45, 7) is 0. The quantitative estimate of drug-likeness (QED) is 0.931. The van der Waals surface area contributed by atoms with Crippen LogP contribution in [0.3, 0.4) is 0 Å². The lowest BCUT2D eigenvalue weighted by molar-refractivity contribution is 0.0885. The van der Waals surface area contributed by atoms with Crippen molar-refractivity contribution < 1.29 is 4.74 Å². The first-order valence-corrected chi connectivity index (χ1v) is 7.54. The zero-order valence-corrected chi connectivity index (χ0v) is 11.5. The average Bonchev–Trinajstić information content (AvgIpc) is 2.95. The van der Waals surface area contributed by atoms with Crippen LogP contribution in [0.5, 0.6) is 0 Å². The van der Waals surface area contributed by atoms with E-state index in [9.17, 15) is 0 Å². The van der Waals surface area contributed by atoms with Crippen molar-refractivity contribution in [1.29, 1.82) is 0 Å². The second kappa shape index (κ2) is 4.41. The van der Waals surface area contributed by atoms with Gasteiger partial charge in [-0.3, -0.25) is 0 Å². The van der Waals surface area contributed by atoms with E-state index in [0.717, 1.165) is 6.42 Å². The lowest BCUT2D eigenvalue weighted by Crippen LogP contribution is -2.37. The number of nitrogens with two attached hydrogens (primary N) is 1. The van der Waals surface area contributed by atoms with Crippen molar-refractivity contribution in [2.75, 3.05) is 0 Å². The van der Waals surface area contributed by atoms with Crippen LogP contribution in [-0.4, -0.2) is 18.2 Å². The van der Waals surface area contributed by atoms with Crippen molar-refractivity contribution >= 4 is 27.3 Å². The molecule has 1 aromatic rings. The van der Waals surface area contributed by atoms with Crippen LogP contribution in [0.15, 0.2) is 15.9 Å². The Balaban J connectivity index is 1.66. The van der Waals surface area contributed by atoms with E-state index in [2.05, 4.69) is 27.4 Å². The topological polar surface area (TPSA) is 35.2 Å². The predicted molar refractivity (Wildman–Crippen MR) is 69.7 cm³/mol. The molecule has 2 bridgehead atoms. The van der Waals surface area contributed by atoms with E-state index in [-0.39, 0.29) is 6.04 Å². The van der Waals surface area contributed by atoms with Gasteiger partial charge >= 0.3 is 0 Å². The molecule has 4 atom stereocenters. The Labute approximate surface area is 108 Å². The van der Waals surface area contributed by atoms with Gasteiger partial charge in [0.25, 0.3) is 0 Å². The van der Waals surface area contributed by atoms with Gasteiger partial charge in [0, 0.05) is 21.3 Å². The van der Waals surface area contributed by atoms with Crippen LogP contribution in [0.25, 0.3) is 0 Å². The summed E-state index contributed by atoms with van der Waals surface area (Å²) in [5.41, 5.74) is 6.33. The number of ether oxygens (including phenoxy) is 1. The van der Waals surface area contributed by atoms with Crippen molar-refractivity contribution in [2.24, 2.45) is 11.7 Å². The van der Waals surface area contributed by atoms with Gasteiger partial charge in [-0.15, -0.1) is 11.3 Å². The number of hydrogen-bond acceptors (Lipinski definition) is 3. The van der Waals surface area contributed by atoms with Crippen molar-refractivity contribution in [3.05, 3.63) is 20.8 Å². The minimum Gasteiger partial charge on any atom is -0.375 e. The van der Waals surface area contributed by atoms with Crippen LogP contribution in [0.4, 0.5) is 0 Å². The van der Waals surface area contributed by atoms with E-state index < -0.39 is 0 Å². The zero-order valence-electron chi connectivity index (χ0n) is 9.06. The lowest BCUT2D eigenvalue weighted by Gasteiger charge is -2.24. The van der Waals surface area contributed by atoms with Crippen LogP contribution in [-0.2, 0) is 11.2 Å². The molecule has 2 fully saturated rings. The smallest absolute Gasteiger partial charge is 0.0623 e. The van der Waals surface area contributed by atoms with Gasteiger partial charge in [0.05, 0.1) is 12.2 Å². The first-order valence-electron chi connectivity index (χ1n) is 5.87. The van der Waals surface area contributed by atoms with Crippen LogP contribution in [0.1, 0.15) is 24.1 Å². The molecule has 2 nitrogen and oxygen atoms in total. The molecule has 2 N–H and O–H groups in total. The van der Waals surface area contributed by atoms with Crippen LogP contribution >= 0.6 is 27.3 Å². The molecule has 0 aliphatic carbocycles. The van der Waals surface area contributed by atoms with Crippen molar-refractivity contribution in [3.8, 4) is 0 Å². The van der Waals surface area contributed by atoms with E-state index in [1.165, 1.54) is 28.6 Å². The molecule has 0 spiro atoms. The van der Waals surface area contributed by atoms with Gasteiger partial charge in [-0.05, 0) is 53.1 Å². The monoisotopic (exact) mass is 301 g/mol. The molecular weight excluding hydrogens is 286 g/mol. The van der Waals surface area contributed by atoms with E-state index in [1.807, 2.05) is 0 Å². The molecule has 0 aromatic carbocycles. The van der Waals surface area contributed by atoms with E-state index in [4.69, 9.17) is 10.5 Å². The van der Waals surface area contributed by atoms with Gasteiger partial charge in [-0.2, -0.15) is 0 Å². The van der Waals surface area contributed by atoms with Crippen LogP contribution < -0.4 is 5.73 Å². The summed E-state index contributed by atoms with van der Waals surface area (Å²) < 4.78 is 7.07. The summed E-state index contributed by atoms with van der Waals surface area (Å²) in [4.78, 5) is 1.37. The summed E-state index contributed by atoms with van der Waals surface area (Å²) in [5.74, 6) is 0.577. The van der Waals surface area contributed by atoms with Crippen molar-refractivity contribution in [1.82, 2.24) is 0 Å². The third kappa shape index (κ3) is 1.96. The zero-order chi connectivity index (χ0) is 11.1. The molecule has 3 heterocycles. The number of halogens is 1. The Bertz CT molecular complexity index is 381. The van der Waals surface area contributed by atoms with Crippen LogP contribution in [0.2, 0.25) is 0 Å².